The molecular weight excluding hydrogens is 530 g/mol. The zero-order chi connectivity index (χ0) is 28.4. The van der Waals surface area contributed by atoms with Crippen molar-refractivity contribution in [3.8, 4) is 22.4 Å². The van der Waals surface area contributed by atoms with Gasteiger partial charge in [0.25, 0.3) is 5.91 Å². The number of H-pyrrole nitrogens is 1. The molecular formula is C29H32ClN7O3. The van der Waals surface area contributed by atoms with Gasteiger partial charge in [-0.15, -0.1) is 0 Å². The molecule has 0 bridgehead atoms. The zero-order valence-electron chi connectivity index (χ0n) is 22.8. The molecule has 1 saturated heterocycles. The van der Waals surface area contributed by atoms with E-state index in [1.165, 1.54) is 6.08 Å². The molecule has 1 aliphatic rings. The number of aromatic amines is 1. The minimum atomic E-state index is -0.270. The molecule has 0 unspecified atom stereocenters. The van der Waals surface area contributed by atoms with E-state index in [2.05, 4.69) is 31.8 Å². The van der Waals surface area contributed by atoms with Crippen LogP contribution in [0.4, 0.5) is 0 Å². The van der Waals surface area contributed by atoms with Crippen molar-refractivity contribution >= 4 is 34.3 Å². The largest absolute Gasteiger partial charge is 0.383 e. The number of hydrogen-bond donors (Lipinski definition) is 2. The molecule has 11 heteroatoms. The number of amides is 2. The highest BCUT2D eigenvalue weighted by Crippen LogP contribution is 2.44. The van der Waals surface area contributed by atoms with Gasteiger partial charge in [0.15, 0.2) is 0 Å². The summed E-state index contributed by atoms with van der Waals surface area (Å²) in [5.74, 6) is -0.323. The van der Waals surface area contributed by atoms with Crippen molar-refractivity contribution in [1.82, 2.24) is 35.2 Å². The molecule has 40 heavy (non-hydrogen) atoms. The van der Waals surface area contributed by atoms with Crippen LogP contribution in [0.15, 0.2) is 43.2 Å². The van der Waals surface area contributed by atoms with E-state index in [9.17, 15) is 9.59 Å². The normalized spacial score (nSPS) is 14.1. The van der Waals surface area contributed by atoms with Crippen molar-refractivity contribution in [2.75, 3.05) is 33.4 Å². The first kappa shape index (κ1) is 27.5. The summed E-state index contributed by atoms with van der Waals surface area (Å²) in [6, 6.07) is 5.64. The highest BCUT2D eigenvalue weighted by Gasteiger charge is 2.29. The molecule has 5 rings (SSSR count). The Balaban J connectivity index is 1.59. The smallest absolute Gasteiger partial charge is 0.269 e. The van der Waals surface area contributed by atoms with Crippen molar-refractivity contribution in [1.29, 1.82) is 0 Å². The van der Waals surface area contributed by atoms with E-state index in [0.717, 1.165) is 57.4 Å². The van der Waals surface area contributed by atoms with Crippen LogP contribution in [0.25, 0.3) is 33.3 Å². The summed E-state index contributed by atoms with van der Waals surface area (Å²) in [7, 11) is 1.58. The first-order chi connectivity index (χ1) is 19.3. The SMILES string of the molecule is C=CC(=O)N1CCC(n2nc(-c3ccc(C(=O)NCCOC)nc3)c(-c3c(Cl)c(C)cc4[nH]ncc34)c2C)CC1. The van der Waals surface area contributed by atoms with E-state index in [-0.39, 0.29) is 17.9 Å². The van der Waals surface area contributed by atoms with Crippen LogP contribution in [0, 0.1) is 13.8 Å². The molecule has 0 radical (unpaired) electrons. The average molecular weight is 562 g/mol. The number of nitrogens with zero attached hydrogens (tertiary/aromatic N) is 5. The second kappa shape index (κ2) is 11.6. The molecule has 1 aliphatic heterocycles. The molecule has 10 nitrogen and oxygen atoms in total. The lowest BCUT2D eigenvalue weighted by Crippen LogP contribution is -2.38. The summed E-state index contributed by atoms with van der Waals surface area (Å²) in [4.78, 5) is 30.9. The molecule has 208 valence electrons. The topological polar surface area (TPSA) is 118 Å². The van der Waals surface area contributed by atoms with Crippen LogP contribution >= 0.6 is 11.6 Å². The molecule has 4 aromatic rings. The minimum Gasteiger partial charge on any atom is -0.383 e. The highest BCUT2D eigenvalue weighted by atomic mass is 35.5. The van der Waals surface area contributed by atoms with Crippen LogP contribution in [0.5, 0.6) is 0 Å². The van der Waals surface area contributed by atoms with Gasteiger partial charge in [0.1, 0.15) is 11.4 Å². The van der Waals surface area contributed by atoms with Crippen molar-refractivity contribution < 1.29 is 14.3 Å². The van der Waals surface area contributed by atoms with Gasteiger partial charge in [-0.25, -0.2) is 0 Å². The first-order valence-electron chi connectivity index (χ1n) is 13.2. The second-order valence-electron chi connectivity index (χ2n) is 9.91. The second-order valence-corrected chi connectivity index (χ2v) is 10.3. The van der Waals surface area contributed by atoms with Crippen LogP contribution in [0.3, 0.4) is 0 Å². The summed E-state index contributed by atoms with van der Waals surface area (Å²) in [5, 5.41) is 16.8. The number of aromatic nitrogens is 5. The van der Waals surface area contributed by atoms with Gasteiger partial charge in [0.05, 0.1) is 29.4 Å². The van der Waals surface area contributed by atoms with Crippen LogP contribution < -0.4 is 5.32 Å². The maximum Gasteiger partial charge on any atom is 0.269 e. The number of halogens is 1. The molecule has 2 N–H and O–H groups in total. The van der Waals surface area contributed by atoms with Crippen LogP contribution in [0.2, 0.25) is 5.02 Å². The van der Waals surface area contributed by atoms with Crippen molar-refractivity contribution in [2.45, 2.75) is 32.7 Å². The van der Waals surface area contributed by atoms with E-state index in [4.69, 9.17) is 21.4 Å². The van der Waals surface area contributed by atoms with Crippen LogP contribution in [-0.2, 0) is 9.53 Å². The molecule has 1 fully saturated rings. The zero-order valence-corrected chi connectivity index (χ0v) is 23.6. The fraction of sp³-hybridized carbons (Fsp3) is 0.345. The van der Waals surface area contributed by atoms with Gasteiger partial charge in [0, 0.05) is 60.7 Å². The highest BCUT2D eigenvalue weighted by molar-refractivity contribution is 6.36. The number of hydrogen-bond acceptors (Lipinski definition) is 6. The summed E-state index contributed by atoms with van der Waals surface area (Å²) >= 11 is 6.98. The Bertz CT molecular complexity index is 1570. The molecule has 0 spiro atoms. The fourth-order valence-corrected chi connectivity index (χ4v) is 5.56. The predicted molar refractivity (Wildman–Crippen MR) is 154 cm³/mol. The molecule has 3 aromatic heterocycles. The van der Waals surface area contributed by atoms with E-state index < -0.39 is 0 Å². The summed E-state index contributed by atoms with van der Waals surface area (Å²) in [6.07, 6.45) is 6.34. The molecule has 0 aliphatic carbocycles. The van der Waals surface area contributed by atoms with Crippen LogP contribution in [-0.4, -0.2) is 75.0 Å². The maximum atomic E-state index is 12.5. The average Bonchev–Trinajstić information content (AvgIpc) is 3.57. The number of carbonyl (C=O) groups is 2. The first-order valence-corrected chi connectivity index (χ1v) is 13.6. The number of rotatable bonds is 8. The Kier molecular flexibility index (Phi) is 7.99. The van der Waals surface area contributed by atoms with Crippen molar-refractivity contribution in [2.24, 2.45) is 0 Å². The maximum absolute atomic E-state index is 12.5. The Morgan fingerprint density at radius 2 is 2.00 bits per heavy atom. The molecule has 4 heterocycles. The van der Waals surface area contributed by atoms with E-state index >= 15 is 0 Å². The number of aryl methyl sites for hydroxylation is 1. The summed E-state index contributed by atoms with van der Waals surface area (Å²) < 4.78 is 7.05. The monoisotopic (exact) mass is 561 g/mol. The van der Waals surface area contributed by atoms with E-state index in [1.807, 2.05) is 30.9 Å². The summed E-state index contributed by atoms with van der Waals surface area (Å²) in [5.41, 5.74) is 6.29. The number of ether oxygens (including phenoxy) is 1. The molecule has 2 amide bonds. The van der Waals surface area contributed by atoms with Gasteiger partial charge >= 0.3 is 0 Å². The van der Waals surface area contributed by atoms with Crippen molar-refractivity contribution in [3.63, 3.8) is 0 Å². The third kappa shape index (κ3) is 5.12. The molecule has 1 aromatic carbocycles. The van der Waals surface area contributed by atoms with Gasteiger partial charge in [-0.05, 0) is 56.5 Å². The standard InChI is InChI=1S/C29H32ClN7O3/c1-5-24(38)36-11-8-20(9-12-36)37-18(3)25(26-21-16-33-34-23(21)14-17(2)27(26)30)28(35-37)19-6-7-22(32-15-19)29(39)31-10-13-40-4/h5-7,14-16,20H,1,8-13H2,2-4H3,(H,31,39)(H,33,34). The lowest BCUT2D eigenvalue weighted by atomic mass is 9.95. The number of pyridine rings is 1. The van der Waals surface area contributed by atoms with Gasteiger partial charge in [-0.2, -0.15) is 10.2 Å². The number of piperidine rings is 1. The number of carbonyl (C=O) groups excluding carboxylic acids is 2. The number of likely N-dealkylation sites (tertiary alicyclic amines) is 1. The van der Waals surface area contributed by atoms with Gasteiger partial charge in [-0.3, -0.25) is 24.4 Å². The van der Waals surface area contributed by atoms with Crippen LogP contribution in [0.1, 0.15) is 40.6 Å². The molecule has 0 saturated carbocycles. The van der Waals surface area contributed by atoms with Crippen molar-refractivity contribution in [3.05, 3.63) is 65.2 Å². The Labute approximate surface area is 237 Å². The van der Waals surface area contributed by atoms with E-state index in [0.29, 0.717) is 37.0 Å². The fourth-order valence-electron chi connectivity index (χ4n) is 5.31. The quantitative estimate of drug-likeness (QED) is 0.242. The predicted octanol–water partition coefficient (Wildman–Crippen LogP) is 4.48. The Morgan fingerprint density at radius 3 is 2.67 bits per heavy atom. The number of benzene rings is 1. The van der Waals surface area contributed by atoms with Gasteiger partial charge in [-0.1, -0.05) is 18.2 Å². The lowest BCUT2D eigenvalue weighted by molar-refractivity contribution is -0.127. The number of nitrogens with one attached hydrogen (secondary N) is 2. The minimum absolute atomic E-state index is 0.0525. The third-order valence-corrected chi connectivity index (χ3v) is 7.91. The third-order valence-electron chi connectivity index (χ3n) is 7.42. The molecule has 0 atom stereocenters. The number of fused-ring (bicyclic) bond motifs is 1. The Hall–Kier alpha value is -4.02. The summed E-state index contributed by atoms with van der Waals surface area (Å²) in [6.45, 7) is 9.71. The number of methoxy groups -OCH3 is 1. The van der Waals surface area contributed by atoms with Gasteiger partial charge in [0.2, 0.25) is 5.91 Å². The lowest BCUT2D eigenvalue weighted by Gasteiger charge is -2.32. The Morgan fingerprint density at radius 1 is 1.23 bits per heavy atom. The van der Waals surface area contributed by atoms with Gasteiger partial charge < -0.3 is 15.0 Å². The van der Waals surface area contributed by atoms with E-state index in [1.54, 1.807) is 25.6 Å².